The number of rotatable bonds is 14. The van der Waals surface area contributed by atoms with Crippen LogP contribution in [0.3, 0.4) is 0 Å². The molecule has 0 spiro atoms. The fraction of sp³-hybridized carbons (Fsp3) is 0.229. The van der Waals surface area contributed by atoms with Crippen LogP contribution in [-0.4, -0.2) is 61.8 Å². The van der Waals surface area contributed by atoms with Crippen molar-refractivity contribution in [2.75, 3.05) is 41.7 Å². The van der Waals surface area contributed by atoms with Gasteiger partial charge in [0.2, 0.25) is 0 Å². The maximum Gasteiger partial charge on any atom is 0.161 e. The number of hydrogen-bond acceptors (Lipinski definition) is 9. The van der Waals surface area contributed by atoms with Crippen molar-refractivity contribution >= 4 is 0 Å². The van der Waals surface area contributed by atoms with Gasteiger partial charge >= 0.3 is 0 Å². The number of hydrogen-bond donors (Lipinski definition) is 3. The average molecular weight is 613 g/mol. The Balaban J connectivity index is 1.19. The van der Waals surface area contributed by atoms with Crippen molar-refractivity contribution in [3.8, 4) is 57.0 Å². The van der Waals surface area contributed by atoms with Crippen molar-refractivity contribution in [3.63, 3.8) is 0 Å². The number of aromatic nitrogens is 2. The average Bonchev–Trinajstić information content (AvgIpc) is 3.59. The zero-order valence-corrected chi connectivity index (χ0v) is 25.5. The standard InChI is InChI=1S/C35H36N2O8/c1-40-30-15-9-24(17-32(30)42-3)28(38)19-44-26-11-5-22(6-12-26)34-35(37-21-36-34)23-7-13-27(14-8-23)45-20-29(39)25-10-16-31(41-2)33(18-25)43-4/h5-18,21,28-29,38-39H,19-20H2,1-4H3,(H,36,37). The Bertz CT molecular complexity index is 1560. The summed E-state index contributed by atoms with van der Waals surface area (Å²) in [5, 5.41) is 21.3. The minimum atomic E-state index is -0.844. The normalized spacial score (nSPS) is 12.2. The Morgan fingerprint density at radius 2 is 1.02 bits per heavy atom. The number of aliphatic hydroxyl groups excluding tert-OH is 2. The molecule has 0 radical (unpaired) electrons. The molecule has 2 unspecified atom stereocenters. The lowest BCUT2D eigenvalue weighted by Gasteiger charge is -2.15. The van der Waals surface area contributed by atoms with E-state index in [1.54, 1.807) is 71.2 Å². The first-order chi connectivity index (χ1) is 21.9. The number of aromatic amines is 1. The fourth-order valence-corrected chi connectivity index (χ4v) is 4.82. The van der Waals surface area contributed by atoms with E-state index in [1.807, 2.05) is 48.5 Å². The molecule has 0 amide bonds. The molecule has 5 rings (SSSR count). The molecule has 1 heterocycles. The smallest absolute Gasteiger partial charge is 0.161 e. The maximum absolute atomic E-state index is 10.6. The summed E-state index contributed by atoms with van der Waals surface area (Å²) in [5.41, 5.74) is 4.78. The first-order valence-electron chi connectivity index (χ1n) is 14.2. The van der Waals surface area contributed by atoms with Crippen molar-refractivity contribution in [1.29, 1.82) is 0 Å². The topological polar surface area (TPSA) is 125 Å². The highest BCUT2D eigenvalue weighted by Gasteiger charge is 2.16. The van der Waals surface area contributed by atoms with Gasteiger partial charge in [0.15, 0.2) is 23.0 Å². The van der Waals surface area contributed by atoms with Gasteiger partial charge < -0.3 is 43.6 Å². The maximum atomic E-state index is 10.6. The number of imidazole rings is 1. The second-order valence-electron chi connectivity index (χ2n) is 10.1. The lowest BCUT2D eigenvalue weighted by atomic mass is 10.0. The highest BCUT2D eigenvalue weighted by Crippen LogP contribution is 2.33. The summed E-state index contributed by atoms with van der Waals surface area (Å²) in [5.74, 6) is 3.51. The molecule has 1 aromatic heterocycles. The van der Waals surface area contributed by atoms with E-state index >= 15 is 0 Å². The van der Waals surface area contributed by atoms with Gasteiger partial charge in [-0.15, -0.1) is 0 Å². The third kappa shape index (κ3) is 7.31. The molecule has 0 aliphatic rings. The van der Waals surface area contributed by atoms with Gasteiger partial charge in [0, 0.05) is 11.1 Å². The van der Waals surface area contributed by atoms with Crippen LogP contribution >= 0.6 is 0 Å². The van der Waals surface area contributed by atoms with Crippen LogP contribution in [0.15, 0.2) is 91.3 Å². The third-order valence-electron chi connectivity index (χ3n) is 7.31. The molecule has 5 aromatic rings. The van der Waals surface area contributed by atoms with Gasteiger partial charge in [0.1, 0.15) is 36.9 Å². The molecule has 0 saturated carbocycles. The lowest BCUT2D eigenvalue weighted by Crippen LogP contribution is -2.10. The predicted molar refractivity (Wildman–Crippen MR) is 169 cm³/mol. The molecular weight excluding hydrogens is 576 g/mol. The summed E-state index contributed by atoms with van der Waals surface area (Å²) in [4.78, 5) is 7.76. The molecule has 10 heteroatoms. The zero-order valence-electron chi connectivity index (χ0n) is 25.5. The summed E-state index contributed by atoms with van der Waals surface area (Å²) in [7, 11) is 6.24. The largest absolute Gasteiger partial charge is 0.493 e. The Morgan fingerprint density at radius 3 is 1.47 bits per heavy atom. The Labute approximate surface area is 261 Å². The fourth-order valence-electron chi connectivity index (χ4n) is 4.82. The number of benzene rings is 4. The van der Waals surface area contributed by atoms with Crippen LogP contribution in [0.1, 0.15) is 23.3 Å². The highest BCUT2D eigenvalue weighted by molar-refractivity contribution is 5.78. The third-order valence-corrected chi connectivity index (χ3v) is 7.31. The van der Waals surface area contributed by atoms with Crippen molar-refractivity contribution in [1.82, 2.24) is 9.97 Å². The van der Waals surface area contributed by atoms with E-state index in [0.29, 0.717) is 45.6 Å². The van der Waals surface area contributed by atoms with Crippen molar-refractivity contribution in [2.45, 2.75) is 12.2 Å². The van der Waals surface area contributed by atoms with Crippen LogP contribution in [0.4, 0.5) is 0 Å². The summed E-state index contributed by atoms with van der Waals surface area (Å²) in [6.07, 6.45) is -0.0354. The minimum absolute atomic E-state index is 0.0716. The quantitative estimate of drug-likeness (QED) is 0.138. The van der Waals surface area contributed by atoms with Gasteiger partial charge in [-0.05, 0) is 83.9 Å². The monoisotopic (exact) mass is 612 g/mol. The first kappa shape index (κ1) is 31.2. The van der Waals surface area contributed by atoms with E-state index in [1.165, 1.54) is 0 Å². The number of aliphatic hydroxyl groups is 2. The van der Waals surface area contributed by atoms with Crippen molar-refractivity contribution in [2.24, 2.45) is 0 Å². The van der Waals surface area contributed by atoms with E-state index in [-0.39, 0.29) is 13.2 Å². The van der Waals surface area contributed by atoms with Gasteiger partial charge in [-0.25, -0.2) is 4.98 Å². The van der Waals surface area contributed by atoms with Gasteiger partial charge in [0.05, 0.1) is 46.2 Å². The molecule has 10 nitrogen and oxygen atoms in total. The SMILES string of the molecule is COc1ccc(C(O)COc2ccc(-c3nc[nH]c3-c3ccc(OCC(O)c4ccc(OC)c(OC)c4)cc3)cc2)cc1OC. The van der Waals surface area contributed by atoms with Crippen molar-refractivity contribution in [3.05, 3.63) is 102 Å². The molecule has 0 fully saturated rings. The lowest BCUT2D eigenvalue weighted by molar-refractivity contribution is 0.108. The number of nitrogens with one attached hydrogen (secondary N) is 1. The summed E-state index contributed by atoms with van der Waals surface area (Å²) >= 11 is 0. The Morgan fingerprint density at radius 1 is 0.578 bits per heavy atom. The van der Waals surface area contributed by atoms with E-state index in [9.17, 15) is 10.2 Å². The van der Waals surface area contributed by atoms with Gasteiger partial charge in [0.25, 0.3) is 0 Å². The second kappa shape index (κ2) is 14.5. The van der Waals surface area contributed by atoms with Crippen LogP contribution in [0.25, 0.3) is 22.5 Å². The van der Waals surface area contributed by atoms with Crippen LogP contribution in [0, 0.1) is 0 Å². The molecule has 4 aromatic carbocycles. The van der Waals surface area contributed by atoms with E-state index in [0.717, 1.165) is 22.5 Å². The number of methoxy groups -OCH3 is 4. The molecule has 3 N–H and O–H groups in total. The van der Waals surface area contributed by atoms with Gasteiger partial charge in [-0.3, -0.25) is 0 Å². The van der Waals surface area contributed by atoms with E-state index in [4.69, 9.17) is 28.4 Å². The summed E-state index contributed by atoms with van der Waals surface area (Å²) in [6.45, 7) is 0.145. The molecule has 234 valence electrons. The van der Waals surface area contributed by atoms with Crippen LogP contribution in [0.2, 0.25) is 0 Å². The van der Waals surface area contributed by atoms with Crippen LogP contribution in [0.5, 0.6) is 34.5 Å². The van der Waals surface area contributed by atoms with Gasteiger partial charge in [-0.2, -0.15) is 0 Å². The molecule has 0 aliphatic heterocycles. The van der Waals surface area contributed by atoms with E-state index in [2.05, 4.69) is 9.97 Å². The molecule has 0 bridgehead atoms. The Kier molecular flexibility index (Phi) is 10.1. The molecular formula is C35H36N2O8. The van der Waals surface area contributed by atoms with E-state index < -0.39 is 12.2 Å². The van der Waals surface area contributed by atoms with Crippen LogP contribution < -0.4 is 28.4 Å². The highest BCUT2D eigenvalue weighted by atomic mass is 16.5. The molecule has 45 heavy (non-hydrogen) atoms. The minimum Gasteiger partial charge on any atom is -0.493 e. The number of ether oxygens (including phenoxy) is 6. The Hall–Kier alpha value is -5.19. The molecule has 2 atom stereocenters. The molecule has 0 aliphatic carbocycles. The van der Waals surface area contributed by atoms with Crippen LogP contribution in [-0.2, 0) is 0 Å². The first-order valence-corrected chi connectivity index (χ1v) is 14.2. The second-order valence-corrected chi connectivity index (χ2v) is 10.1. The molecule has 0 saturated heterocycles. The predicted octanol–water partition coefficient (Wildman–Crippen LogP) is 6.00. The number of H-pyrrole nitrogens is 1. The summed E-state index contributed by atoms with van der Waals surface area (Å²) < 4.78 is 32.9. The number of nitrogens with zero attached hydrogens (tertiary/aromatic N) is 1. The summed E-state index contributed by atoms with van der Waals surface area (Å²) in [6, 6.07) is 25.6. The zero-order chi connectivity index (χ0) is 31.8. The van der Waals surface area contributed by atoms with Gasteiger partial charge in [-0.1, -0.05) is 12.1 Å². The van der Waals surface area contributed by atoms with Crippen molar-refractivity contribution < 1.29 is 38.6 Å².